The Morgan fingerprint density at radius 3 is 2.33 bits per heavy atom. The van der Waals surface area contributed by atoms with E-state index in [9.17, 15) is 19.5 Å². The van der Waals surface area contributed by atoms with Gasteiger partial charge in [0.25, 0.3) is 5.56 Å². The van der Waals surface area contributed by atoms with Gasteiger partial charge in [-0.2, -0.15) is 0 Å². The Labute approximate surface area is 123 Å². The van der Waals surface area contributed by atoms with Gasteiger partial charge in [-0.3, -0.25) is 14.2 Å². The first-order chi connectivity index (χ1) is 9.66. The van der Waals surface area contributed by atoms with Crippen molar-refractivity contribution < 1.29 is 14.7 Å². The normalized spacial score (nSPS) is 12.3. The molecule has 6 nitrogen and oxygen atoms in total. The Hall–Kier alpha value is -2.11. The molecule has 1 rings (SSSR count). The summed E-state index contributed by atoms with van der Waals surface area (Å²) in [4.78, 5) is 35.5. The number of hydrogen-bond donors (Lipinski definition) is 2. The number of aryl methyl sites for hydroxylation is 1. The van der Waals surface area contributed by atoms with Crippen LogP contribution in [0, 0.1) is 19.8 Å². The van der Waals surface area contributed by atoms with Crippen molar-refractivity contribution in [3.8, 4) is 0 Å². The highest BCUT2D eigenvalue weighted by Crippen LogP contribution is 2.15. The van der Waals surface area contributed by atoms with Crippen LogP contribution in [0.15, 0.2) is 10.9 Å². The van der Waals surface area contributed by atoms with Crippen molar-refractivity contribution in [3.63, 3.8) is 0 Å². The summed E-state index contributed by atoms with van der Waals surface area (Å²) >= 11 is 0. The second-order valence-corrected chi connectivity index (χ2v) is 5.62. The molecule has 21 heavy (non-hydrogen) atoms. The lowest BCUT2D eigenvalue weighted by Crippen LogP contribution is -2.38. The maximum atomic E-state index is 12.1. The molecular formula is C15H22N2O4. The van der Waals surface area contributed by atoms with Gasteiger partial charge in [-0.25, -0.2) is 4.79 Å². The highest BCUT2D eigenvalue weighted by molar-refractivity contribution is 5.90. The summed E-state index contributed by atoms with van der Waals surface area (Å²) in [5, 5.41) is 12.0. The molecule has 1 unspecified atom stereocenters. The summed E-state index contributed by atoms with van der Waals surface area (Å²) in [6, 6.07) is 0.498. The Kier molecular flexibility index (Phi) is 5.29. The molecule has 1 aromatic rings. The van der Waals surface area contributed by atoms with Crippen LogP contribution in [-0.2, 0) is 4.79 Å². The van der Waals surface area contributed by atoms with Gasteiger partial charge in [0.1, 0.15) is 6.04 Å². The van der Waals surface area contributed by atoms with Gasteiger partial charge < -0.3 is 10.4 Å². The quantitative estimate of drug-likeness (QED) is 0.861. The average molecular weight is 294 g/mol. The maximum absolute atomic E-state index is 12.1. The fourth-order valence-electron chi connectivity index (χ4n) is 2.27. The fourth-order valence-corrected chi connectivity index (χ4v) is 2.27. The lowest BCUT2D eigenvalue weighted by molar-refractivity contribution is -0.124. The summed E-state index contributed by atoms with van der Waals surface area (Å²) in [6.07, 6.45) is 0. The zero-order valence-electron chi connectivity index (χ0n) is 13.1. The molecule has 0 aliphatic carbocycles. The van der Waals surface area contributed by atoms with E-state index in [-0.39, 0.29) is 17.0 Å². The molecule has 0 aliphatic heterocycles. The molecular weight excluding hydrogens is 272 g/mol. The van der Waals surface area contributed by atoms with Crippen molar-refractivity contribution in [2.75, 3.05) is 6.54 Å². The Morgan fingerprint density at radius 1 is 1.29 bits per heavy atom. The molecule has 0 aromatic carbocycles. The van der Waals surface area contributed by atoms with Crippen LogP contribution in [0.25, 0.3) is 0 Å². The third kappa shape index (κ3) is 3.71. The van der Waals surface area contributed by atoms with Gasteiger partial charge in [-0.05, 0) is 32.3 Å². The number of hydrogen-bond acceptors (Lipinski definition) is 3. The van der Waals surface area contributed by atoms with E-state index in [4.69, 9.17) is 0 Å². The summed E-state index contributed by atoms with van der Waals surface area (Å²) in [5.41, 5.74) is 0.385. The number of aromatic carboxylic acids is 1. The number of nitrogens with zero attached hydrogens (tertiary/aromatic N) is 1. The Balaban J connectivity index is 3.24. The molecule has 1 heterocycles. The van der Waals surface area contributed by atoms with Crippen molar-refractivity contribution >= 4 is 11.9 Å². The second kappa shape index (κ2) is 6.56. The highest BCUT2D eigenvalue weighted by atomic mass is 16.4. The van der Waals surface area contributed by atoms with Crippen LogP contribution in [0.3, 0.4) is 0 Å². The minimum absolute atomic E-state index is 0.0677. The number of carboxylic acids is 1. The predicted molar refractivity (Wildman–Crippen MR) is 79.7 cm³/mol. The minimum atomic E-state index is -1.10. The standard InChI is InChI=1S/C15H22N2O4/c1-8(2)7-16-14(19)11(5)17-10(4)13(15(20)21)9(3)6-12(17)18/h6,8,11H,7H2,1-5H3,(H,16,19)(H,20,21). The zero-order chi connectivity index (χ0) is 16.3. The van der Waals surface area contributed by atoms with Crippen LogP contribution in [0.1, 0.15) is 48.4 Å². The number of amides is 1. The molecule has 0 radical (unpaired) electrons. The molecule has 0 saturated heterocycles. The summed E-state index contributed by atoms with van der Waals surface area (Å²) in [5.74, 6) is -1.10. The molecule has 6 heteroatoms. The van der Waals surface area contributed by atoms with Gasteiger partial charge in [-0.15, -0.1) is 0 Å². The number of nitrogens with one attached hydrogen (secondary N) is 1. The number of carboxylic acid groups (broad SMARTS) is 1. The SMILES string of the molecule is Cc1cc(=O)n(C(C)C(=O)NCC(C)C)c(C)c1C(=O)O. The maximum Gasteiger partial charge on any atom is 0.337 e. The van der Waals surface area contributed by atoms with Crippen LogP contribution in [0.5, 0.6) is 0 Å². The first kappa shape index (κ1) is 16.9. The van der Waals surface area contributed by atoms with E-state index in [2.05, 4.69) is 5.32 Å². The lowest BCUT2D eigenvalue weighted by Gasteiger charge is -2.20. The molecule has 2 N–H and O–H groups in total. The van der Waals surface area contributed by atoms with Crippen molar-refractivity contribution in [3.05, 3.63) is 33.2 Å². The van der Waals surface area contributed by atoms with E-state index < -0.39 is 12.0 Å². The first-order valence-corrected chi connectivity index (χ1v) is 6.90. The molecule has 0 bridgehead atoms. The van der Waals surface area contributed by atoms with Crippen LogP contribution in [-0.4, -0.2) is 28.1 Å². The minimum Gasteiger partial charge on any atom is -0.478 e. The average Bonchev–Trinajstić information content (AvgIpc) is 2.34. The van der Waals surface area contributed by atoms with Crippen molar-refractivity contribution in [1.82, 2.24) is 9.88 Å². The monoisotopic (exact) mass is 294 g/mol. The molecule has 0 spiro atoms. The fraction of sp³-hybridized carbons (Fsp3) is 0.533. The molecule has 0 saturated carbocycles. The molecule has 116 valence electrons. The lowest BCUT2D eigenvalue weighted by atomic mass is 10.1. The van der Waals surface area contributed by atoms with Gasteiger partial charge in [-0.1, -0.05) is 13.8 Å². The van der Waals surface area contributed by atoms with Crippen LogP contribution >= 0.6 is 0 Å². The number of carbonyl (C=O) groups excluding carboxylic acids is 1. The van der Waals surface area contributed by atoms with Crippen LogP contribution in [0.4, 0.5) is 0 Å². The van der Waals surface area contributed by atoms with Crippen molar-refractivity contribution in [2.24, 2.45) is 5.92 Å². The van der Waals surface area contributed by atoms with Crippen LogP contribution < -0.4 is 10.9 Å². The highest BCUT2D eigenvalue weighted by Gasteiger charge is 2.22. The van der Waals surface area contributed by atoms with Crippen molar-refractivity contribution in [1.29, 1.82) is 0 Å². The van der Waals surface area contributed by atoms with Gasteiger partial charge >= 0.3 is 5.97 Å². The smallest absolute Gasteiger partial charge is 0.337 e. The van der Waals surface area contributed by atoms with E-state index in [1.807, 2.05) is 13.8 Å². The predicted octanol–water partition coefficient (Wildman–Crippen LogP) is 1.50. The Bertz CT molecular complexity index is 617. The first-order valence-electron chi connectivity index (χ1n) is 6.90. The van der Waals surface area contributed by atoms with E-state index in [1.165, 1.54) is 10.6 Å². The molecule has 0 fully saturated rings. The van der Waals surface area contributed by atoms with Crippen molar-refractivity contribution in [2.45, 2.75) is 40.7 Å². The number of carbonyl (C=O) groups is 2. The third-order valence-electron chi connectivity index (χ3n) is 3.36. The number of aromatic nitrogens is 1. The van der Waals surface area contributed by atoms with Gasteiger partial charge in [0.15, 0.2) is 0 Å². The summed E-state index contributed by atoms with van der Waals surface area (Å²) < 4.78 is 1.23. The summed E-state index contributed by atoms with van der Waals surface area (Å²) in [6.45, 7) is 9.16. The number of rotatable bonds is 5. The van der Waals surface area contributed by atoms with E-state index >= 15 is 0 Å². The molecule has 1 atom stereocenters. The largest absolute Gasteiger partial charge is 0.478 e. The third-order valence-corrected chi connectivity index (χ3v) is 3.36. The number of pyridine rings is 1. The molecule has 1 amide bonds. The van der Waals surface area contributed by atoms with Gasteiger partial charge in [0, 0.05) is 18.3 Å². The molecule has 0 aliphatic rings. The summed E-state index contributed by atoms with van der Waals surface area (Å²) in [7, 11) is 0. The van der Waals surface area contributed by atoms with Gasteiger partial charge in [0.2, 0.25) is 5.91 Å². The van der Waals surface area contributed by atoms with Gasteiger partial charge in [0.05, 0.1) is 5.56 Å². The van der Waals surface area contributed by atoms with Crippen LogP contribution in [0.2, 0.25) is 0 Å². The zero-order valence-corrected chi connectivity index (χ0v) is 13.1. The Morgan fingerprint density at radius 2 is 1.86 bits per heavy atom. The molecule has 1 aromatic heterocycles. The topological polar surface area (TPSA) is 88.4 Å². The van der Waals surface area contributed by atoms with E-state index in [0.29, 0.717) is 23.7 Å². The van der Waals surface area contributed by atoms with E-state index in [0.717, 1.165) is 0 Å². The van der Waals surface area contributed by atoms with E-state index in [1.54, 1.807) is 20.8 Å². The second-order valence-electron chi connectivity index (χ2n) is 5.62.